The molecule has 0 aliphatic carbocycles. The monoisotopic (exact) mass is 916 g/mol. The van der Waals surface area contributed by atoms with Crippen LogP contribution in [0.2, 0.25) is 0 Å². The minimum atomic E-state index is -0.903. The molecule has 0 spiro atoms. The van der Waals surface area contributed by atoms with E-state index in [-0.39, 0.29) is 46.5 Å². The molecule has 0 saturated heterocycles. The standard InChI is InChI=1S/3C18H36O2.H2O.Ti/c3*1-2-3-4-5-6-7-8-9-10-11-12-13-14-15-16-17-18(19)20;;/h3*2-17H2,1H3,(H,19,20);1H2;/q;;;;+3/p-3. The topological polar surface area (TPSA) is 152 Å². The fourth-order valence-corrected chi connectivity index (χ4v) is 7.92. The second-order valence-electron chi connectivity index (χ2n) is 18.2. The predicted octanol–water partition coefficient (Wildman–Crippen LogP) is 14.2. The summed E-state index contributed by atoms with van der Waals surface area (Å²) in [6.45, 7) is 6.80. The van der Waals surface area contributed by atoms with Gasteiger partial charge in [0.15, 0.2) is 0 Å². The van der Waals surface area contributed by atoms with Crippen LogP contribution in [0.5, 0.6) is 0 Å². The fraction of sp³-hybridized carbons (Fsp3) is 0.944. The maximum absolute atomic E-state index is 10.2. The third-order valence-corrected chi connectivity index (χ3v) is 12.0. The van der Waals surface area contributed by atoms with Crippen LogP contribution in [0.4, 0.5) is 0 Å². The van der Waals surface area contributed by atoms with Crippen LogP contribution >= 0.6 is 0 Å². The van der Waals surface area contributed by atoms with Crippen molar-refractivity contribution >= 4 is 17.9 Å². The number of carbonyl (C=O) groups excluding carboxylic acids is 3. The van der Waals surface area contributed by atoms with Gasteiger partial charge >= 0.3 is 21.7 Å². The summed E-state index contributed by atoms with van der Waals surface area (Å²) in [5, 5.41) is 30.7. The molecule has 0 aromatic heterocycles. The van der Waals surface area contributed by atoms with Crippen molar-refractivity contribution in [2.24, 2.45) is 0 Å². The van der Waals surface area contributed by atoms with E-state index in [0.717, 1.165) is 38.5 Å². The molecular formula is C54H107O7Ti. The van der Waals surface area contributed by atoms with Gasteiger partial charge in [-0.3, -0.25) is 0 Å². The van der Waals surface area contributed by atoms with Gasteiger partial charge in [-0.1, -0.05) is 290 Å². The molecule has 0 rings (SSSR count). The van der Waals surface area contributed by atoms with E-state index in [0.29, 0.717) is 0 Å². The van der Waals surface area contributed by atoms with Crippen molar-refractivity contribution in [2.75, 3.05) is 0 Å². The number of hydrogen-bond acceptors (Lipinski definition) is 6. The van der Waals surface area contributed by atoms with Crippen molar-refractivity contribution in [2.45, 2.75) is 329 Å². The predicted molar refractivity (Wildman–Crippen MR) is 257 cm³/mol. The molecule has 2 N–H and O–H groups in total. The summed E-state index contributed by atoms with van der Waals surface area (Å²) in [7, 11) is 0. The summed E-state index contributed by atoms with van der Waals surface area (Å²) in [4.78, 5) is 30.7. The molecule has 0 aliphatic rings. The Hall–Kier alpha value is -0.916. The minimum absolute atomic E-state index is 0. The molecule has 0 amide bonds. The van der Waals surface area contributed by atoms with Crippen molar-refractivity contribution < 1.29 is 56.9 Å². The molecule has 0 fully saturated rings. The Morgan fingerprint density at radius 3 is 0.419 bits per heavy atom. The quantitative estimate of drug-likeness (QED) is 0.0438. The van der Waals surface area contributed by atoms with Gasteiger partial charge in [-0.05, 0) is 38.5 Å². The Bertz CT molecular complexity index is 720. The number of carboxylic acid groups (broad SMARTS) is 3. The van der Waals surface area contributed by atoms with Gasteiger partial charge in [-0.25, -0.2) is 0 Å². The first-order valence-corrected chi connectivity index (χ1v) is 26.9. The van der Waals surface area contributed by atoms with E-state index in [9.17, 15) is 29.7 Å². The Balaban J connectivity index is -0.000000258. The Morgan fingerprint density at radius 1 is 0.226 bits per heavy atom. The molecule has 62 heavy (non-hydrogen) atoms. The van der Waals surface area contributed by atoms with Crippen LogP contribution in [0.25, 0.3) is 0 Å². The fourth-order valence-electron chi connectivity index (χ4n) is 7.92. The molecule has 0 aromatic carbocycles. The molecule has 8 heteroatoms. The number of carboxylic acids is 3. The second kappa shape index (κ2) is 66.7. The van der Waals surface area contributed by atoms with Crippen LogP contribution in [0.15, 0.2) is 0 Å². The van der Waals surface area contributed by atoms with Gasteiger partial charge in [0.05, 0.1) is 0 Å². The zero-order valence-electron chi connectivity index (χ0n) is 41.9. The molecule has 0 aromatic rings. The Labute approximate surface area is 401 Å². The summed E-state index contributed by atoms with van der Waals surface area (Å²) in [6, 6.07) is 0. The zero-order valence-corrected chi connectivity index (χ0v) is 43.5. The van der Waals surface area contributed by atoms with Crippen molar-refractivity contribution in [1.82, 2.24) is 0 Å². The maximum atomic E-state index is 10.2. The van der Waals surface area contributed by atoms with Crippen molar-refractivity contribution in [3.63, 3.8) is 0 Å². The number of hydrogen-bond donors (Lipinski definition) is 0. The molecule has 7 nitrogen and oxygen atoms in total. The Morgan fingerprint density at radius 2 is 0.323 bits per heavy atom. The van der Waals surface area contributed by atoms with Crippen LogP contribution in [0.1, 0.15) is 329 Å². The molecule has 0 atom stereocenters. The van der Waals surface area contributed by atoms with Gasteiger partial charge in [0, 0.05) is 17.9 Å². The minimum Gasteiger partial charge on any atom is -0.550 e. The number of carbonyl (C=O) groups is 3. The van der Waals surface area contributed by atoms with Crippen LogP contribution < -0.4 is 15.3 Å². The van der Waals surface area contributed by atoms with Crippen LogP contribution in [0.3, 0.4) is 0 Å². The summed E-state index contributed by atoms with van der Waals surface area (Å²) < 4.78 is 0. The summed E-state index contributed by atoms with van der Waals surface area (Å²) in [5.41, 5.74) is 0. The maximum Gasteiger partial charge on any atom is 3.00 e. The molecular weight excluding hydrogens is 808 g/mol. The van der Waals surface area contributed by atoms with Crippen molar-refractivity contribution in [1.29, 1.82) is 0 Å². The van der Waals surface area contributed by atoms with Crippen LogP contribution in [-0.2, 0) is 36.1 Å². The third kappa shape index (κ3) is 79.5. The largest absolute Gasteiger partial charge is 3.00 e. The van der Waals surface area contributed by atoms with Crippen molar-refractivity contribution in [3.8, 4) is 0 Å². The molecule has 0 saturated carbocycles. The number of unbranched alkanes of at least 4 members (excludes halogenated alkanes) is 42. The summed E-state index contributed by atoms with van der Waals surface area (Å²) in [5.74, 6) is -2.71. The van der Waals surface area contributed by atoms with Gasteiger partial charge in [0.25, 0.3) is 0 Å². The summed E-state index contributed by atoms with van der Waals surface area (Å²) >= 11 is 0. The Kier molecular flexibility index (Phi) is 75.4. The van der Waals surface area contributed by atoms with E-state index >= 15 is 0 Å². The first kappa shape index (κ1) is 70.1. The van der Waals surface area contributed by atoms with Gasteiger partial charge < -0.3 is 35.2 Å². The van der Waals surface area contributed by atoms with E-state index < -0.39 is 17.9 Å². The molecule has 0 unspecified atom stereocenters. The average Bonchev–Trinajstić information content (AvgIpc) is 3.22. The summed E-state index contributed by atoms with van der Waals surface area (Å²) in [6.07, 6.45) is 59.6. The van der Waals surface area contributed by atoms with Crippen LogP contribution in [-0.4, -0.2) is 23.4 Å². The van der Waals surface area contributed by atoms with Crippen LogP contribution in [0, 0.1) is 0 Å². The van der Waals surface area contributed by atoms with E-state index in [1.165, 1.54) is 250 Å². The number of aliphatic carboxylic acids is 3. The van der Waals surface area contributed by atoms with Gasteiger partial charge in [-0.2, -0.15) is 0 Å². The molecule has 0 bridgehead atoms. The third-order valence-electron chi connectivity index (χ3n) is 12.0. The smallest absolute Gasteiger partial charge is 0.550 e. The molecule has 0 heterocycles. The van der Waals surface area contributed by atoms with Crippen molar-refractivity contribution in [3.05, 3.63) is 0 Å². The average molecular weight is 916 g/mol. The number of rotatable bonds is 48. The van der Waals surface area contributed by atoms with Gasteiger partial charge in [-0.15, -0.1) is 0 Å². The SMILES string of the molecule is CCCCCCCCCCCCCCCCCC(=O)[O-].CCCCCCCCCCCCCCCCCC(=O)[O-].CCCCCCCCCCCCCCCCCC(=O)[O-].O.[Ti+3]. The molecule has 369 valence electrons. The van der Waals surface area contributed by atoms with Gasteiger partial charge in [0.2, 0.25) is 0 Å². The first-order chi connectivity index (χ1) is 29.3. The normalized spacial score (nSPS) is 10.5. The molecule has 0 aliphatic heterocycles. The zero-order chi connectivity index (χ0) is 44.7. The van der Waals surface area contributed by atoms with E-state index in [1.807, 2.05) is 0 Å². The second-order valence-corrected chi connectivity index (χ2v) is 18.2. The molecule has 1 radical (unpaired) electrons. The van der Waals surface area contributed by atoms with E-state index in [2.05, 4.69) is 20.8 Å². The first-order valence-electron chi connectivity index (χ1n) is 26.9. The van der Waals surface area contributed by atoms with E-state index in [4.69, 9.17) is 0 Å². The van der Waals surface area contributed by atoms with Gasteiger partial charge in [0.1, 0.15) is 0 Å². The van der Waals surface area contributed by atoms with E-state index in [1.54, 1.807) is 0 Å².